The van der Waals surface area contributed by atoms with Crippen LogP contribution in [0.5, 0.6) is 23.0 Å². The van der Waals surface area contributed by atoms with Crippen molar-refractivity contribution in [3.63, 3.8) is 0 Å². The number of hydrogen-bond acceptors (Lipinski definition) is 6. The molecule has 0 heterocycles. The zero-order chi connectivity index (χ0) is 20.4. The molecule has 3 aromatic rings. The monoisotopic (exact) mass is 404 g/mol. The average molecular weight is 404 g/mol. The molecule has 0 fully saturated rings. The Bertz CT molecular complexity index is 1040. The number of phenols is 1. The molecule has 3 rings (SSSR count). The van der Waals surface area contributed by atoms with Crippen LogP contribution in [0.25, 0.3) is 10.8 Å². The topological polar surface area (TPSA) is 88.1 Å². The van der Waals surface area contributed by atoms with E-state index in [-0.39, 0.29) is 33.3 Å². The highest BCUT2D eigenvalue weighted by Crippen LogP contribution is 2.52. The van der Waals surface area contributed by atoms with Crippen LogP contribution in [-0.4, -0.2) is 29.8 Å². The Morgan fingerprint density at radius 2 is 1.68 bits per heavy atom. The highest BCUT2D eigenvalue weighted by molar-refractivity contribution is 7.91. The van der Waals surface area contributed by atoms with Crippen LogP contribution in [-0.2, 0) is 16.0 Å². The number of esters is 1. The Labute approximate surface area is 163 Å². The van der Waals surface area contributed by atoms with Gasteiger partial charge in [-0.2, -0.15) is 0 Å². The fourth-order valence-electron chi connectivity index (χ4n) is 2.87. The molecule has 146 valence electrons. The SMILES string of the molecule is COc1c(OC)c(O)c2c([S+]([O-])c3ccc(F)cc3)cccc2c1OC(C)=O. The van der Waals surface area contributed by atoms with Crippen LogP contribution >= 0.6 is 0 Å². The van der Waals surface area contributed by atoms with Gasteiger partial charge in [0, 0.05) is 23.5 Å². The van der Waals surface area contributed by atoms with Crippen molar-refractivity contribution < 1.29 is 33.1 Å². The number of hydrogen-bond donors (Lipinski definition) is 1. The predicted molar refractivity (Wildman–Crippen MR) is 101 cm³/mol. The van der Waals surface area contributed by atoms with Crippen molar-refractivity contribution in [1.82, 2.24) is 0 Å². The molecule has 1 atom stereocenters. The normalized spacial score (nSPS) is 11.9. The summed E-state index contributed by atoms with van der Waals surface area (Å²) in [6.07, 6.45) is 0. The molecule has 1 N–H and O–H groups in total. The minimum atomic E-state index is -1.74. The maximum absolute atomic E-state index is 13.2. The maximum Gasteiger partial charge on any atom is 0.308 e. The van der Waals surface area contributed by atoms with Gasteiger partial charge in [0.15, 0.2) is 21.3 Å². The van der Waals surface area contributed by atoms with Gasteiger partial charge in [-0.05, 0) is 36.4 Å². The van der Waals surface area contributed by atoms with E-state index in [0.29, 0.717) is 10.3 Å². The Morgan fingerprint density at radius 3 is 2.25 bits per heavy atom. The van der Waals surface area contributed by atoms with Crippen LogP contribution in [0.2, 0.25) is 0 Å². The number of methoxy groups -OCH3 is 2. The number of halogens is 1. The highest BCUT2D eigenvalue weighted by Gasteiger charge is 2.29. The first-order valence-corrected chi connectivity index (χ1v) is 9.29. The molecule has 0 aliphatic heterocycles. The summed E-state index contributed by atoms with van der Waals surface area (Å²) in [5, 5.41) is 11.3. The van der Waals surface area contributed by atoms with Crippen LogP contribution in [0.15, 0.2) is 52.3 Å². The van der Waals surface area contributed by atoms with Gasteiger partial charge in [-0.25, -0.2) is 4.39 Å². The van der Waals surface area contributed by atoms with Crippen molar-refractivity contribution in [3.8, 4) is 23.0 Å². The van der Waals surface area contributed by atoms with Crippen molar-refractivity contribution in [2.75, 3.05) is 14.2 Å². The van der Waals surface area contributed by atoms with Crippen molar-refractivity contribution in [2.45, 2.75) is 16.7 Å². The minimum Gasteiger partial charge on any atom is -0.606 e. The van der Waals surface area contributed by atoms with Crippen molar-refractivity contribution >= 4 is 27.9 Å². The van der Waals surface area contributed by atoms with E-state index in [4.69, 9.17) is 14.2 Å². The summed E-state index contributed by atoms with van der Waals surface area (Å²) in [6.45, 7) is 1.23. The highest BCUT2D eigenvalue weighted by atomic mass is 32.2. The molecule has 1 unspecified atom stereocenters. The molecule has 0 spiro atoms. The number of fused-ring (bicyclic) bond motifs is 1. The molecule has 0 aliphatic carbocycles. The Hall–Kier alpha value is -2.97. The second-order valence-electron chi connectivity index (χ2n) is 5.74. The fraction of sp³-hybridized carbons (Fsp3) is 0.150. The summed E-state index contributed by atoms with van der Waals surface area (Å²) in [5.74, 6) is -1.35. The Kier molecular flexibility index (Phi) is 5.62. The first kappa shape index (κ1) is 19.8. The fourth-order valence-corrected chi connectivity index (χ4v) is 4.10. The van der Waals surface area contributed by atoms with E-state index in [1.54, 1.807) is 18.2 Å². The van der Waals surface area contributed by atoms with Gasteiger partial charge in [0.2, 0.25) is 11.5 Å². The number of rotatable bonds is 5. The molecule has 0 saturated carbocycles. The third kappa shape index (κ3) is 3.44. The molecule has 3 aromatic carbocycles. The van der Waals surface area contributed by atoms with Gasteiger partial charge in [-0.1, -0.05) is 6.07 Å². The molecule has 0 saturated heterocycles. The van der Waals surface area contributed by atoms with Crippen molar-refractivity contribution in [3.05, 3.63) is 48.3 Å². The summed E-state index contributed by atoms with van der Waals surface area (Å²) in [5.41, 5.74) is 0. The molecule has 28 heavy (non-hydrogen) atoms. The van der Waals surface area contributed by atoms with E-state index in [0.717, 1.165) is 0 Å². The van der Waals surface area contributed by atoms with E-state index in [1.165, 1.54) is 45.4 Å². The largest absolute Gasteiger partial charge is 0.606 e. The molecule has 0 radical (unpaired) electrons. The lowest BCUT2D eigenvalue weighted by Gasteiger charge is -2.19. The molecule has 6 nitrogen and oxygen atoms in total. The van der Waals surface area contributed by atoms with E-state index in [9.17, 15) is 18.8 Å². The van der Waals surface area contributed by atoms with Crippen LogP contribution in [0.4, 0.5) is 4.39 Å². The van der Waals surface area contributed by atoms with Crippen molar-refractivity contribution in [2.24, 2.45) is 0 Å². The standard InChI is InChI=1S/C20H17FO6S/c1-11(22)27-18-14-5-4-6-15(28(24)13-9-7-12(21)8-10-13)16(14)17(23)19(25-2)20(18)26-3/h4-10,23H,1-3H3. The number of aromatic hydroxyl groups is 1. The van der Waals surface area contributed by atoms with Gasteiger partial charge in [-0.15, -0.1) is 0 Å². The average Bonchev–Trinajstić information content (AvgIpc) is 2.69. The minimum absolute atomic E-state index is 0.0346. The Morgan fingerprint density at radius 1 is 1.04 bits per heavy atom. The lowest BCUT2D eigenvalue weighted by Crippen LogP contribution is -2.07. The maximum atomic E-state index is 13.2. The quantitative estimate of drug-likeness (QED) is 0.395. The van der Waals surface area contributed by atoms with Crippen molar-refractivity contribution in [1.29, 1.82) is 0 Å². The van der Waals surface area contributed by atoms with Crippen LogP contribution in [0.3, 0.4) is 0 Å². The van der Waals surface area contributed by atoms with Gasteiger partial charge >= 0.3 is 5.97 Å². The van der Waals surface area contributed by atoms with Crippen LogP contribution < -0.4 is 14.2 Å². The molecule has 0 bridgehead atoms. The second kappa shape index (κ2) is 7.95. The lowest BCUT2D eigenvalue weighted by molar-refractivity contribution is -0.131. The van der Waals surface area contributed by atoms with E-state index in [2.05, 4.69) is 0 Å². The number of benzene rings is 3. The first-order valence-electron chi connectivity index (χ1n) is 8.14. The predicted octanol–water partition coefficient (Wildman–Crippen LogP) is 3.79. The molecule has 0 amide bonds. The number of carbonyl (C=O) groups excluding carboxylic acids is 1. The zero-order valence-corrected chi connectivity index (χ0v) is 16.1. The van der Waals surface area contributed by atoms with Crippen LogP contribution in [0.1, 0.15) is 6.92 Å². The summed E-state index contributed by atoms with van der Waals surface area (Å²) >= 11 is -1.74. The third-order valence-electron chi connectivity index (χ3n) is 4.02. The van der Waals surface area contributed by atoms with Gasteiger partial charge in [0.05, 0.1) is 19.6 Å². The molecule has 0 aromatic heterocycles. The summed E-state index contributed by atoms with van der Waals surface area (Å²) in [7, 11) is 2.66. The molecular formula is C20H17FO6S. The number of phenolic OH excluding ortho intramolecular Hbond substituents is 1. The summed E-state index contributed by atoms with van der Waals surface area (Å²) in [6, 6.07) is 9.96. The van der Waals surface area contributed by atoms with Gasteiger partial charge in [0.1, 0.15) is 5.82 Å². The van der Waals surface area contributed by atoms with E-state index >= 15 is 0 Å². The molecule has 8 heteroatoms. The van der Waals surface area contributed by atoms with Gasteiger partial charge < -0.3 is 23.9 Å². The van der Waals surface area contributed by atoms with E-state index in [1.807, 2.05) is 0 Å². The Balaban J connectivity index is 2.34. The summed E-state index contributed by atoms with van der Waals surface area (Å²) < 4.78 is 42.1. The van der Waals surface area contributed by atoms with Gasteiger partial charge in [0.25, 0.3) is 0 Å². The lowest BCUT2D eigenvalue weighted by atomic mass is 10.1. The number of carbonyl (C=O) groups is 1. The molecular weight excluding hydrogens is 387 g/mol. The van der Waals surface area contributed by atoms with Gasteiger partial charge in [-0.3, -0.25) is 4.79 Å². The smallest absolute Gasteiger partial charge is 0.308 e. The summed E-state index contributed by atoms with van der Waals surface area (Å²) in [4.78, 5) is 12.2. The molecule has 0 aliphatic rings. The van der Waals surface area contributed by atoms with Crippen LogP contribution in [0, 0.1) is 5.82 Å². The zero-order valence-electron chi connectivity index (χ0n) is 15.3. The van der Waals surface area contributed by atoms with E-state index < -0.39 is 23.0 Å². The third-order valence-corrected chi connectivity index (χ3v) is 5.46. The first-order chi connectivity index (χ1) is 13.4. The second-order valence-corrected chi connectivity index (χ2v) is 7.19. The number of ether oxygens (including phenoxy) is 3.